The quantitative estimate of drug-likeness (QED) is 0.831. The highest BCUT2D eigenvalue weighted by molar-refractivity contribution is 5.71. The summed E-state index contributed by atoms with van der Waals surface area (Å²) >= 11 is 0. The van der Waals surface area contributed by atoms with Crippen molar-refractivity contribution in [3.05, 3.63) is 0 Å². The molecule has 0 amide bonds. The summed E-state index contributed by atoms with van der Waals surface area (Å²) in [6.07, 6.45) is 5.52. The number of likely N-dealkylation sites (tertiary alicyclic amines) is 1. The Bertz CT molecular complexity index is 308. The number of nitrogens with zero attached hydrogens (tertiary/aromatic N) is 1. The van der Waals surface area contributed by atoms with Gasteiger partial charge in [0.05, 0.1) is 18.6 Å². The Morgan fingerprint density at radius 3 is 2.58 bits per heavy atom. The molecule has 19 heavy (non-hydrogen) atoms. The van der Waals surface area contributed by atoms with Crippen LogP contribution in [-0.2, 0) is 9.53 Å². The number of aliphatic carboxylic acids is 1. The van der Waals surface area contributed by atoms with Gasteiger partial charge in [0.1, 0.15) is 0 Å². The van der Waals surface area contributed by atoms with Crippen LogP contribution >= 0.6 is 0 Å². The average Bonchev–Trinajstić information content (AvgIpc) is 2.73. The maximum atomic E-state index is 11.1. The first-order valence-corrected chi connectivity index (χ1v) is 7.64. The molecule has 110 valence electrons. The largest absolute Gasteiger partial charge is 0.481 e. The van der Waals surface area contributed by atoms with Gasteiger partial charge in [-0.15, -0.1) is 0 Å². The molecule has 1 heterocycles. The van der Waals surface area contributed by atoms with Crippen molar-refractivity contribution in [3.8, 4) is 0 Å². The lowest BCUT2D eigenvalue weighted by atomic mass is 9.88. The summed E-state index contributed by atoms with van der Waals surface area (Å²) in [6, 6.07) is 0. The molecule has 4 atom stereocenters. The highest BCUT2D eigenvalue weighted by Crippen LogP contribution is 2.27. The average molecular weight is 269 g/mol. The molecular formula is C15H27NO3. The summed E-state index contributed by atoms with van der Waals surface area (Å²) in [7, 11) is 0. The van der Waals surface area contributed by atoms with Gasteiger partial charge >= 0.3 is 5.97 Å². The van der Waals surface area contributed by atoms with Crippen LogP contribution in [0.1, 0.15) is 39.5 Å². The molecule has 4 nitrogen and oxygen atoms in total. The number of hydrogen-bond acceptors (Lipinski definition) is 3. The minimum Gasteiger partial charge on any atom is -0.481 e. The normalized spacial score (nSPS) is 36.5. The predicted molar refractivity (Wildman–Crippen MR) is 74.1 cm³/mol. The Labute approximate surface area is 116 Å². The van der Waals surface area contributed by atoms with Crippen LogP contribution < -0.4 is 0 Å². The fourth-order valence-corrected chi connectivity index (χ4v) is 3.43. The van der Waals surface area contributed by atoms with Gasteiger partial charge in [-0.2, -0.15) is 0 Å². The smallest absolute Gasteiger partial charge is 0.308 e. The highest BCUT2D eigenvalue weighted by Gasteiger charge is 2.34. The summed E-state index contributed by atoms with van der Waals surface area (Å²) < 4.78 is 6.00. The van der Waals surface area contributed by atoms with Crippen LogP contribution in [0.5, 0.6) is 0 Å². The molecule has 2 unspecified atom stereocenters. The fourth-order valence-electron chi connectivity index (χ4n) is 3.43. The minimum atomic E-state index is -0.656. The van der Waals surface area contributed by atoms with Gasteiger partial charge in [-0.25, -0.2) is 0 Å². The standard InChI is InChI=1S/C15H27NO3/c1-11-5-3-4-6-14(11)19-8-7-16-9-12(2)13(10-16)15(17)18/h11-14H,3-10H2,1-2H3,(H,17,18)/t11?,12-,13-,14?/m1/s1. The number of carboxylic acids is 1. The second-order valence-electron chi connectivity index (χ2n) is 6.35. The first-order chi connectivity index (χ1) is 9.08. The van der Waals surface area contributed by atoms with Crippen LogP contribution in [0, 0.1) is 17.8 Å². The Balaban J connectivity index is 1.67. The monoisotopic (exact) mass is 269 g/mol. The molecule has 0 radical (unpaired) electrons. The van der Waals surface area contributed by atoms with E-state index in [1.807, 2.05) is 6.92 Å². The van der Waals surface area contributed by atoms with E-state index in [9.17, 15) is 4.79 Å². The minimum absolute atomic E-state index is 0.200. The van der Waals surface area contributed by atoms with Crippen molar-refractivity contribution < 1.29 is 14.6 Å². The van der Waals surface area contributed by atoms with E-state index in [0.717, 1.165) is 19.7 Å². The van der Waals surface area contributed by atoms with Crippen molar-refractivity contribution in [2.75, 3.05) is 26.2 Å². The first-order valence-electron chi connectivity index (χ1n) is 7.64. The van der Waals surface area contributed by atoms with E-state index < -0.39 is 5.97 Å². The zero-order valence-corrected chi connectivity index (χ0v) is 12.2. The van der Waals surface area contributed by atoms with Gasteiger partial charge in [-0.05, 0) is 24.7 Å². The van der Waals surface area contributed by atoms with E-state index in [1.165, 1.54) is 25.7 Å². The molecule has 0 aromatic heterocycles. The van der Waals surface area contributed by atoms with E-state index in [2.05, 4.69) is 11.8 Å². The highest BCUT2D eigenvalue weighted by atomic mass is 16.5. The van der Waals surface area contributed by atoms with Crippen LogP contribution in [-0.4, -0.2) is 48.3 Å². The molecule has 4 heteroatoms. The van der Waals surface area contributed by atoms with Gasteiger partial charge in [-0.3, -0.25) is 9.69 Å². The van der Waals surface area contributed by atoms with Crippen LogP contribution in [0.2, 0.25) is 0 Å². The van der Waals surface area contributed by atoms with Crippen LogP contribution in [0.25, 0.3) is 0 Å². The second kappa shape index (κ2) is 6.71. The van der Waals surface area contributed by atoms with Crippen LogP contribution in [0.4, 0.5) is 0 Å². The van der Waals surface area contributed by atoms with Crippen molar-refractivity contribution >= 4 is 5.97 Å². The molecule has 0 aromatic carbocycles. The third kappa shape index (κ3) is 3.93. The molecule has 1 aliphatic heterocycles. The van der Waals surface area contributed by atoms with Gasteiger partial charge in [0.15, 0.2) is 0 Å². The fraction of sp³-hybridized carbons (Fsp3) is 0.933. The summed E-state index contributed by atoms with van der Waals surface area (Å²) in [5.41, 5.74) is 0. The number of hydrogen-bond donors (Lipinski definition) is 1. The number of ether oxygens (including phenoxy) is 1. The third-order valence-corrected chi connectivity index (χ3v) is 4.78. The van der Waals surface area contributed by atoms with E-state index in [0.29, 0.717) is 18.6 Å². The Hall–Kier alpha value is -0.610. The van der Waals surface area contributed by atoms with Crippen molar-refractivity contribution in [1.29, 1.82) is 0 Å². The summed E-state index contributed by atoms with van der Waals surface area (Å²) in [4.78, 5) is 13.3. The number of rotatable bonds is 5. The summed E-state index contributed by atoms with van der Waals surface area (Å²) in [5, 5.41) is 9.11. The molecule has 2 rings (SSSR count). The lowest BCUT2D eigenvalue weighted by Gasteiger charge is -2.29. The SMILES string of the molecule is CC1CCCCC1OCCN1C[C@@H](C)[C@H](C(=O)O)C1. The molecule has 0 spiro atoms. The van der Waals surface area contributed by atoms with Crippen molar-refractivity contribution in [3.63, 3.8) is 0 Å². The van der Waals surface area contributed by atoms with Gasteiger partial charge < -0.3 is 9.84 Å². The summed E-state index contributed by atoms with van der Waals surface area (Å²) in [5.74, 6) is 0.0783. The molecule has 2 fully saturated rings. The van der Waals surface area contributed by atoms with Gasteiger partial charge in [0.25, 0.3) is 0 Å². The molecular weight excluding hydrogens is 242 g/mol. The van der Waals surface area contributed by atoms with Crippen LogP contribution in [0.3, 0.4) is 0 Å². The lowest BCUT2D eigenvalue weighted by molar-refractivity contribution is -0.142. The molecule has 0 bridgehead atoms. The van der Waals surface area contributed by atoms with Gasteiger partial charge in [0.2, 0.25) is 0 Å². The van der Waals surface area contributed by atoms with Crippen molar-refractivity contribution in [1.82, 2.24) is 4.90 Å². The van der Waals surface area contributed by atoms with E-state index in [-0.39, 0.29) is 11.8 Å². The zero-order chi connectivity index (χ0) is 13.8. The molecule has 1 aliphatic carbocycles. The molecule has 2 aliphatic rings. The molecule has 0 aromatic rings. The number of carboxylic acid groups (broad SMARTS) is 1. The van der Waals surface area contributed by atoms with Gasteiger partial charge in [0, 0.05) is 19.6 Å². The first kappa shape index (κ1) is 14.8. The van der Waals surface area contributed by atoms with E-state index >= 15 is 0 Å². The van der Waals surface area contributed by atoms with Gasteiger partial charge in [-0.1, -0.05) is 26.7 Å². The van der Waals surface area contributed by atoms with E-state index in [1.54, 1.807) is 0 Å². The maximum Gasteiger partial charge on any atom is 0.308 e. The second-order valence-corrected chi connectivity index (χ2v) is 6.35. The predicted octanol–water partition coefficient (Wildman–Crippen LogP) is 2.23. The lowest BCUT2D eigenvalue weighted by Crippen LogP contribution is -2.31. The third-order valence-electron chi connectivity index (χ3n) is 4.78. The maximum absolute atomic E-state index is 11.1. The summed E-state index contributed by atoms with van der Waals surface area (Å²) in [6.45, 7) is 7.50. The van der Waals surface area contributed by atoms with E-state index in [4.69, 9.17) is 9.84 Å². The Kier molecular flexibility index (Phi) is 5.22. The van der Waals surface area contributed by atoms with Crippen molar-refractivity contribution in [2.45, 2.75) is 45.6 Å². The number of carbonyl (C=O) groups is 1. The molecule has 1 saturated carbocycles. The Morgan fingerprint density at radius 2 is 1.95 bits per heavy atom. The molecule has 1 saturated heterocycles. The Morgan fingerprint density at radius 1 is 1.21 bits per heavy atom. The van der Waals surface area contributed by atoms with Crippen molar-refractivity contribution in [2.24, 2.45) is 17.8 Å². The van der Waals surface area contributed by atoms with Crippen LogP contribution in [0.15, 0.2) is 0 Å². The molecule has 1 N–H and O–H groups in total. The zero-order valence-electron chi connectivity index (χ0n) is 12.2. The topological polar surface area (TPSA) is 49.8 Å².